The Hall–Kier alpha value is -1.49. The predicted molar refractivity (Wildman–Crippen MR) is 90.5 cm³/mol. The molecule has 6 heteroatoms. The second-order valence-electron chi connectivity index (χ2n) is 4.67. The number of benzene rings is 2. The van der Waals surface area contributed by atoms with Gasteiger partial charge >= 0.3 is 0 Å². The molecular formula is C16H10Cl2FNOS. The van der Waals surface area contributed by atoms with Gasteiger partial charge in [0.1, 0.15) is 10.8 Å². The number of aromatic nitrogens is 1. The van der Waals surface area contributed by atoms with Crippen LogP contribution < -0.4 is 5.56 Å². The number of aromatic amines is 1. The maximum Gasteiger partial charge on any atom is 0.268 e. The Morgan fingerprint density at radius 1 is 1.09 bits per heavy atom. The standard InChI is InChI=1S/C16H10Cl2FNOS/c17-13-4-2-1-3-9(13)8-22-16-12-7-10(19)5-6-11(12)14(18)15(21)20-16/h1-7H,8H2,(H,20,21). The highest BCUT2D eigenvalue weighted by atomic mass is 35.5. The summed E-state index contributed by atoms with van der Waals surface area (Å²) in [6.07, 6.45) is 0. The van der Waals surface area contributed by atoms with Crippen LogP contribution in [0.5, 0.6) is 0 Å². The van der Waals surface area contributed by atoms with E-state index in [1.807, 2.05) is 18.2 Å². The monoisotopic (exact) mass is 353 g/mol. The third-order valence-electron chi connectivity index (χ3n) is 3.22. The summed E-state index contributed by atoms with van der Waals surface area (Å²) < 4.78 is 13.5. The molecule has 3 rings (SSSR count). The van der Waals surface area contributed by atoms with Crippen molar-refractivity contribution in [3.8, 4) is 0 Å². The summed E-state index contributed by atoms with van der Waals surface area (Å²) in [4.78, 5) is 14.6. The van der Waals surface area contributed by atoms with Crippen molar-refractivity contribution in [2.24, 2.45) is 0 Å². The van der Waals surface area contributed by atoms with Crippen LogP contribution >= 0.6 is 35.0 Å². The molecule has 0 atom stereocenters. The summed E-state index contributed by atoms with van der Waals surface area (Å²) in [5.41, 5.74) is 0.553. The van der Waals surface area contributed by atoms with Crippen molar-refractivity contribution in [3.05, 3.63) is 74.2 Å². The Bertz CT molecular complexity index is 910. The maximum absolute atomic E-state index is 13.5. The normalized spacial score (nSPS) is 11.0. The van der Waals surface area contributed by atoms with Crippen molar-refractivity contribution in [1.82, 2.24) is 4.98 Å². The second-order valence-corrected chi connectivity index (χ2v) is 6.44. The molecule has 0 spiro atoms. The van der Waals surface area contributed by atoms with Crippen LogP contribution in [0.25, 0.3) is 10.8 Å². The topological polar surface area (TPSA) is 32.9 Å². The molecule has 0 aliphatic rings. The number of hydrogen-bond acceptors (Lipinski definition) is 2. The van der Waals surface area contributed by atoms with Crippen LogP contribution in [-0.2, 0) is 5.75 Å². The molecule has 0 radical (unpaired) electrons. The number of rotatable bonds is 3. The summed E-state index contributed by atoms with van der Waals surface area (Å²) >= 11 is 13.5. The summed E-state index contributed by atoms with van der Waals surface area (Å²) in [6.45, 7) is 0. The van der Waals surface area contributed by atoms with E-state index in [1.54, 1.807) is 6.07 Å². The third-order valence-corrected chi connectivity index (χ3v) is 5.03. The molecule has 0 saturated carbocycles. The predicted octanol–water partition coefficient (Wildman–Crippen LogP) is 5.27. The Morgan fingerprint density at radius 2 is 1.86 bits per heavy atom. The lowest BCUT2D eigenvalue weighted by Crippen LogP contribution is -2.08. The molecule has 3 aromatic rings. The van der Waals surface area contributed by atoms with Crippen LogP contribution in [-0.4, -0.2) is 4.98 Å². The molecule has 1 aromatic heterocycles. The van der Waals surface area contributed by atoms with Gasteiger partial charge in [0.2, 0.25) is 0 Å². The van der Waals surface area contributed by atoms with E-state index < -0.39 is 0 Å². The minimum absolute atomic E-state index is 0.0668. The van der Waals surface area contributed by atoms with Crippen molar-refractivity contribution in [2.75, 3.05) is 0 Å². The fourth-order valence-corrected chi connectivity index (χ4v) is 3.66. The van der Waals surface area contributed by atoms with Crippen LogP contribution in [0.15, 0.2) is 52.3 Å². The van der Waals surface area contributed by atoms with Crippen LogP contribution in [0.3, 0.4) is 0 Å². The summed E-state index contributed by atoms with van der Waals surface area (Å²) in [5.74, 6) is 0.179. The first kappa shape index (κ1) is 15.4. The van der Waals surface area contributed by atoms with Crippen molar-refractivity contribution in [1.29, 1.82) is 0 Å². The number of hydrogen-bond donors (Lipinski definition) is 1. The van der Waals surface area contributed by atoms with Crippen molar-refractivity contribution >= 4 is 45.7 Å². The molecule has 2 nitrogen and oxygen atoms in total. The van der Waals surface area contributed by atoms with Gasteiger partial charge in [-0.15, -0.1) is 11.8 Å². The zero-order valence-electron chi connectivity index (χ0n) is 11.2. The van der Waals surface area contributed by atoms with E-state index in [4.69, 9.17) is 23.2 Å². The number of thioether (sulfide) groups is 1. The van der Waals surface area contributed by atoms with E-state index in [9.17, 15) is 9.18 Å². The number of nitrogens with one attached hydrogen (secondary N) is 1. The Kier molecular flexibility index (Phi) is 4.43. The molecule has 0 fully saturated rings. The van der Waals surface area contributed by atoms with Gasteiger partial charge in [0.25, 0.3) is 5.56 Å². The molecule has 1 heterocycles. The zero-order valence-corrected chi connectivity index (χ0v) is 13.5. The van der Waals surface area contributed by atoms with Crippen LogP contribution in [0.2, 0.25) is 10.0 Å². The van der Waals surface area contributed by atoms with E-state index in [-0.39, 0.29) is 16.4 Å². The van der Waals surface area contributed by atoms with Gasteiger partial charge in [-0.1, -0.05) is 41.4 Å². The average molecular weight is 354 g/mol. The van der Waals surface area contributed by atoms with E-state index in [0.29, 0.717) is 26.6 Å². The maximum atomic E-state index is 13.5. The van der Waals surface area contributed by atoms with Gasteiger partial charge in [-0.2, -0.15) is 0 Å². The highest BCUT2D eigenvalue weighted by molar-refractivity contribution is 7.98. The lowest BCUT2D eigenvalue weighted by Gasteiger charge is -2.08. The van der Waals surface area contributed by atoms with Gasteiger partial charge in [-0.25, -0.2) is 4.39 Å². The summed E-state index contributed by atoms with van der Waals surface area (Å²) in [7, 11) is 0. The number of halogens is 3. The van der Waals surface area contributed by atoms with Crippen LogP contribution in [0.1, 0.15) is 5.56 Å². The number of fused-ring (bicyclic) bond motifs is 1. The molecular weight excluding hydrogens is 344 g/mol. The van der Waals surface area contributed by atoms with Crippen molar-refractivity contribution in [2.45, 2.75) is 10.8 Å². The first-order valence-corrected chi connectivity index (χ1v) is 8.17. The van der Waals surface area contributed by atoms with Crippen molar-refractivity contribution in [3.63, 3.8) is 0 Å². The first-order valence-electron chi connectivity index (χ1n) is 6.43. The fourth-order valence-electron chi connectivity index (χ4n) is 2.12. The Balaban J connectivity index is 2.04. The lowest BCUT2D eigenvalue weighted by molar-refractivity contribution is 0.629. The fraction of sp³-hybridized carbons (Fsp3) is 0.0625. The minimum Gasteiger partial charge on any atom is -0.315 e. The lowest BCUT2D eigenvalue weighted by atomic mass is 10.2. The smallest absolute Gasteiger partial charge is 0.268 e. The molecule has 0 bridgehead atoms. The molecule has 0 aliphatic carbocycles. The molecule has 112 valence electrons. The van der Waals surface area contributed by atoms with E-state index in [2.05, 4.69) is 4.98 Å². The molecule has 0 saturated heterocycles. The molecule has 0 aliphatic heterocycles. The van der Waals surface area contributed by atoms with Gasteiger partial charge in [-0.05, 0) is 29.8 Å². The number of H-pyrrole nitrogens is 1. The van der Waals surface area contributed by atoms with Gasteiger partial charge in [0.15, 0.2) is 0 Å². The first-order chi connectivity index (χ1) is 10.6. The molecule has 2 aromatic carbocycles. The molecule has 0 amide bonds. The second kappa shape index (κ2) is 6.32. The van der Waals surface area contributed by atoms with Gasteiger partial charge in [0.05, 0.1) is 5.03 Å². The summed E-state index contributed by atoms with van der Waals surface area (Å²) in [6, 6.07) is 11.6. The average Bonchev–Trinajstić information content (AvgIpc) is 2.51. The van der Waals surface area contributed by atoms with Crippen LogP contribution in [0.4, 0.5) is 4.39 Å². The molecule has 0 unspecified atom stereocenters. The highest BCUT2D eigenvalue weighted by Crippen LogP contribution is 2.32. The van der Waals surface area contributed by atoms with E-state index in [1.165, 1.54) is 30.0 Å². The summed E-state index contributed by atoms with van der Waals surface area (Å²) in [5, 5.41) is 2.41. The van der Waals surface area contributed by atoms with Gasteiger partial charge < -0.3 is 4.98 Å². The molecule has 22 heavy (non-hydrogen) atoms. The Morgan fingerprint density at radius 3 is 2.64 bits per heavy atom. The van der Waals surface area contributed by atoms with Crippen LogP contribution in [0, 0.1) is 5.82 Å². The highest BCUT2D eigenvalue weighted by Gasteiger charge is 2.11. The minimum atomic E-state index is -0.387. The van der Waals surface area contributed by atoms with Gasteiger partial charge in [0, 0.05) is 21.5 Å². The van der Waals surface area contributed by atoms with E-state index >= 15 is 0 Å². The van der Waals surface area contributed by atoms with Gasteiger partial charge in [-0.3, -0.25) is 4.79 Å². The molecule has 1 N–H and O–H groups in total. The van der Waals surface area contributed by atoms with E-state index in [0.717, 1.165) is 5.56 Å². The Labute approximate surface area is 140 Å². The number of pyridine rings is 1. The quantitative estimate of drug-likeness (QED) is 0.651. The third kappa shape index (κ3) is 3.00. The van der Waals surface area contributed by atoms with Crippen molar-refractivity contribution < 1.29 is 4.39 Å². The SMILES string of the molecule is O=c1[nH]c(SCc2ccccc2Cl)c2cc(F)ccc2c1Cl. The largest absolute Gasteiger partial charge is 0.315 e. The zero-order chi connectivity index (χ0) is 15.7.